The van der Waals surface area contributed by atoms with E-state index in [1.54, 1.807) is 0 Å². The van der Waals surface area contributed by atoms with Crippen LogP contribution in [0.5, 0.6) is 0 Å². The number of halogens is 1. The monoisotopic (exact) mass is 215 g/mol. The van der Waals surface area contributed by atoms with Crippen molar-refractivity contribution in [2.75, 3.05) is 12.5 Å². The molecule has 3 N–H and O–H groups in total. The van der Waals surface area contributed by atoms with Crippen LogP contribution in [0.3, 0.4) is 0 Å². The number of oxime groups is 1. The molecule has 0 amide bonds. The third-order valence-corrected chi connectivity index (χ3v) is 1.70. The predicted molar refractivity (Wildman–Crippen MR) is 60.7 cm³/mol. The molecule has 0 radical (unpaired) electrons. The molecule has 1 rings (SSSR count). The second-order valence-electron chi connectivity index (χ2n) is 2.58. The highest BCUT2D eigenvalue weighted by atomic mass is 35.5. The third kappa shape index (κ3) is 3.24. The smallest absolute Gasteiger partial charge is 0.106 e. The number of rotatable bonds is 3. The van der Waals surface area contributed by atoms with Crippen molar-refractivity contribution >= 4 is 23.8 Å². The molecular weight excluding hydrogens is 202 g/mol. The third-order valence-electron chi connectivity index (χ3n) is 1.70. The number of hydrazine groups is 1. The molecule has 5 heteroatoms. The Morgan fingerprint density at radius 2 is 1.93 bits per heavy atom. The highest BCUT2D eigenvalue weighted by Gasteiger charge is 1.96. The van der Waals surface area contributed by atoms with Crippen LogP contribution in [0.25, 0.3) is 0 Å². The summed E-state index contributed by atoms with van der Waals surface area (Å²) in [7, 11) is 1.53. The molecule has 0 heterocycles. The largest absolute Gasteiger partial charge is 0.399 e. The summed E-state index contributed by atoms with van der Waals surface area (Å²) in [6.45, 7) is 1.88. The maximum absolute atomic E-state index is 5.23. The van der Waals surface area contributed by atoms with Crippen LogP contribution in [0.1, 0.15) is 12.5 Å². The fraction of sp³-hybridized carbons (Fsp3) is 0.222. The molecule has 4 nitrogen and oxygen atoms in total. The lowest BCUT2D eigenvalue weighted by Gasteiger charge is -2.02. The second kappa shape index (κ2) is 6.23. The van der Waals surface area contributed by atoms with Gasteiger partial charge in [0.15, 0.2) is 0 Å². The Morgan fingerprint density at radius 1 is 1.36 bits per heavy atom. The van der Waals surface area contributed by atoms with Crippen LogP contribution in [0.4, 0.5) is 5.69 Å². The number of hydrogen-bond donors (Lipinski definition) is 2. The Hall–Kier alpha value is -1.26. The molecule has 0 unspecified atom stereocenters. The number of benzene rings is 1. The van der Waals surface area contributed by atoms with Gasteiger partial charge in [-0.05, 0) is 24.6 Å². The van der Waals surface area contributed by atoms with E-state index in [1.165, 1.54) is 7.11 Å². The summed E-state index contributed by atoms with van der Waals surface area (Å²) in [6, 6.07) is 7.61. The summed E-state index contributed by atoms with van der Waals surface area (Å²) in [6.07, 6.45) is 0. The summed E-state index contributed by atoms with van der Waals surface area (Å²) in [5.74, 6) is 5.23. The quantitative estimate of drug-likeness (QED) is 0.459. The SMILES string of the molecule is CO/N=C(\C)c1ccc(NN)cc1.Cl. The van der Waals surface area contributed by atoms with Crippen molar-refractivity contribution in [3.63, 3.8) is 0 Å². The van der Waals surface area contributed by atoms with Crippen LogP contribution < -0.4 is 11.3 Å². The van der Waals surface area contributed by atoms with Gasteiger partial charge in [0.1, 0.15) is 7.11 Å². The Morgan fingerprint density at radius 3 is 2.36 bits per heavy atom. The first kappa shape index (κ1) is 12.7. The highest BCUT2D eigenvalue weighted by Crippen LogP contribution is 2.08. The van der Waals surface area contributed by atoms with Crippen LogP contribution in [0.2, 0.25) is 0 Å². The summed E-state index contributed by atoms with van der Waals surface area (Å²) in [5, 5.41) is 3.82. The molecule has 0 aliphatic carbocycles. The molecule has 0 spiro atoms. The van der Waals surface area contributed by atoms with Crippen molar-refractivity contribution in [2.24, 2.45) is 11.0 Å². The number of nitrogens with two attached hydrogens (primary N) is 1. The normalized spacial score (nSPS) is 10.4. The van der Waals surface area contributed by atoms with Gasteiger partial charge in [-0.25, -0.2) is 0 Å². The van der Waals surface area contributed by atoms with Gasteiger partial charge >= 0.3 is 0 Å². The van der Waals surface area contributed by atoms with E-state index in [9.17, 15) is 0 Å². The summed E-state index contributed by atoms with van der Waals surface area (Å²) in [5.41, 5.74) is 5.28. The molecule has 1 aromatic carbocycles. The lowest BCUT2D eigenvalue weighted by atomic mass is 10.1. The van der Waals surface area contributed by atoms with E-state index in [4.69, 9.17) is 5.84 Å². The van der Waals surface area contributed by atoms with E-state index in [1.807, 2.05) is 31.2 Å². The highest BCUT2D eigenvalue weighted by molar-refractivity contribution is 5.98. The molecule has 0 aliphatic heterocycles. The molecule has 0 aromatic heterocycles. The van der Waals surface area contributed by atoms with Gasteiger partial charge in [0.2, 0.25) is 0 Å². The van der Waals surface area contributed by atoms with Crippen molar-refractivity contribution in [3.8, 4) is 0 Å². The Kier molecular flexibility index (Phi) is 5.67. The summed E-state index contributed by atoms with van der Waals surface area (Å²) in [4.78, 5) is 4.66. The molecule has 0 bridgehead atoms. The lowest BCUT2D eigenvalue weighted by molar-refractivity contribution is 0.213. The first-order chi connectivity index (χ1) is 6.27. The van der Waals surface area contributed by atoms with Gasteiger partial charge in [0.25, 0.3) is 0 Å². The van der Waals surface area contributed by atoms with Crippen molar-refractivity contribution in [3.05, 3.63) is 29.8 Å². The number of anilines is 1. The average Bonchev–Trinajstić information content (AvgIpc) is 2.18. The molecular formula is C9H14ClN3O. The van der Waals surface area contributed by atoms with E-state index in [2.05, 4.69) is 15.4 Å². The van der Waals surface area contributed by atoms with Crippen LogP contribution in [-0.4, -0.2) is 12.8 Å². The first-order valence-electron chi connectivity index (χ1n) is 3.92. The number of nitrogens with one attached hydrogen (secondary N) is 1. The topological polar surface area (TPSA) is 59.6 Å². The maximum atomic E-state index is 5.23. The Labute approximate surface area is 89.5 Å². The van der Waals surface area contributed by atoms with Crippen LogP contribution in [0, 0.1) is 0 Å². The minimum absolute atomic E-state index is 0. The molecule has 0 atom stereocenters. The minimum Gasteiger partial charge on any atom is -0.399 e. The van der Waals surface area contributed by atoms with E-state index < -0.39 is 0 Å². The molecule has 14 heavy (non-hydrogen) atoms. The van der Waals surface area contributed by atoms with Gasteiger partial charge in [-0.15, -0.1) is 12.4 Å². The Balaban J connectivity index is 0.00000169. The lowest BCUT2D eigenvalue weighted by Crippen LogP contribution is -2.06. The van der Waals surface area contributed by atoms with Crippen LogP contribution >= 0.6 is 12.4 Å². The zero-order chi connectivity index (χ0) is 9.68. The number of hydrogen-bond acceptors (Lipinski definition) is 4. The fourth-order valence-corrected chi connectivity index (χ4v) is 0.997. The van der Waals surface area contributed by atoms with E-state index in [-0.39, 0.29) is 12.4 Å². The van der Waals surface area contributed by atoms with E-state index >= 15 is 0 Å². The minimum atomic E-state index is 0. The van der Waals surface area contributed by atoms with Crippen molar-refractivity contribution in [1.82, 2.24) is 0 Å². The van der Waals surface area contributed by atoms with Gasteiger partial charge < -0.3 is 10.3 Å². The predicted octanol–water partition coefficient (Wildman–Crippen LogP) is 1.76. The maximum Gasteiger partial charge on any atom is 0.106 e. The molecule has 0 aliphatic rings. The first-order valence-corrected chi connectivity index (χ1v) is 3.92. The fourth-order valence-electron chi connectivity index (χ4n) is 0.997. The van der Waals surface area contributed by atoms with Gasteiger partial charge in [-0.3, -0.25) is 5.84 Å². The average molecular weight is 216 g/mol. The molecule has 0 saturated carbocycles. The van der Waals surface area contributed by atoms with Crippen LogP contribution in [0.15, 0.2) is 29.4 Å². The molecule has 0 saturated heterocycles. The summed E-state index contributed by atoms with van der Waals surface area (Å²) < 4.78 is 0. The van der Waals surface area contributed by atoms with Crippen molar-refractivity contribution in [1.29, 1.82) is 0 Å². The zero-order valence-electron chi connectivity index (χ0n) is 8.15. The standard InChI is InChI=1S/C9H13N3O.ClH/c1-7(12-13-2)8-3-5-9(11-10)6-4-8;/h3-6,11H,10H2,1-2H3;1H/b12-7+;. The van der Waals surface area contributed by atoms with Crippen molar-refractivity contribution < 1.29 is 4.84 Å². The number of nitrogens with zero attached hydrogens (tertiary/aromatic N) is 1. The van der Waals surface area contributed by atoms with Gasteiger partial charge in [0, 0.05) is 5.69 Å². The summed E-state index contributed by atoms with van der Waals surface area (Å²) >= 11 is 0. The van der Waals surface area contributed by atoms with E-state index in [0.717, 1.165) is 17.0 Å². The molecule has 0 fully saturated rings. The zero-order valence-corrected chi connectivity index (χ0v) is 8.97. The van der Waals surface area contributed by atoms with Gasteiger partial charge in [0.05, 0.1) is 5.71 Å². The van der Waals surface area contributed by atoms with Crippen LogP contribution in [-0.2, 0) is 4.84 Å². The second-order valence-corrected chi connectivity index (χ2v) is 2.58. The molecule has 1 aromatic rings. The number of nitrogen functional groups attached to an aromatic ring is 1. The van der Waals surface area contributed by atoms with Gasteiger partial charge in [-0.2, -0.15) is 0 Å². The van der Waals surface area contributed by atoms with Crippen molar-refractivity contribution in [2.45, 2.75) is 6.92 Å². The Bertz CT molecular complexity index is 297. The van der Waals surface area contributed by atoms with Gasteiger partial charge in [-0.1, -0.05) is 17.3 Å². The van der Waals surface area contributed by atoms with E-state index in [0.29, 0.717) is 0 Å². The molecule has 78 valence electrons.